The van der Waals surface area contributed by atoms with Crippen LogP contribution in [-0.4, -0.2) is 42.4 Å². The molecular formula is C16H23N2O3P. The Morgan fingerprint density at radius 3 is 3.09 bits per heavy atom. The molecule has 1 aromatic heterocycles. The van der Waals surface area contributed by atoms with Gasteiger partial charge in [-0.25, -0.2) is 0 Å². The average Bonchev–Trinajstić information content (AvgIpc) is 2.95. The number of hydrogen-bond donors (Lipinski definition) is 1. The number of quaternary nitrogens is 1. The number of aromatic amines is 1. The molecule has 1 N–H and O–H groups in total. The second-order valence-corrected chi connectivity index (χ2v) is 7.62. The highest BCUT2D eigenvalue weighted by Gasteiger charge is 2.35. The van der Waals surface area contributed by atoms with Crippen LogP contribution in [0, 0.1) is 0 Å². The van der Waals surface area contributed by atoms with Crippen molar-refractivity contribution in [1.82, 2.24) is 4.98 Å². The highest BCUT2D eigenvalue weighted by molar-refractivity contribution is 7.51. The van der Waals surface area contributed by atoms with Gasteiger partial charge in [0, 0.05) is 36.1 Å². The number of fused-ring (bicyclic) bond motifs is 1. The van der Waals surface area contributed by atoms with Gasteiger partial charge in [-0.05, 0) is 18.1 Å². The normalized spacial score (nSPS) is 31.6. The minimum atomic E-state index is -4.27. The predicted octanol–water partition coefficient (Wildman–Crippen LogP) is 2.48. The number of H-pyrrole nitrogens is 1. The van der Waals surface area contributed by atoms with Crippen molar-refractivity contribution >= 4 is 18.5 Å². The third-order valence-electron chi connectivity index (χ3n) is 4.07. The van der Waals surface area contributed by atoms with Crippen LogP contribution in [0.3, 0.4) is 0 Å². The number of nitrogens with one attached hydrogen (secondary N) is 1. The molecule has 0 saturated carbocycles. The van der Waals surface area contributed by atoms with Gasteiger partial charge in [0.25, 0.3) is 0 Å². The molecule has 0 amide bonds. The topological polar surface area (TPSA) is 65.2 Å². The van der Waals surface area contributed by atoms with Gasteiger partial charge in [-0.1, -0.05) is 18.2 Å². The molecule has 2 aromatic rings. The highest BCUT2D eigenvalue weighted by Crippen LogP contribution is 2.45. The SMILES string of the molecule is [2H]C([2H])([2H])[N+](CCc1c[nH]c2ccccc12)(C1CCCP(=O)([O-])O1)C([2H])([2H])[2H]. The van der Waals surface area contributed by atoms with Crippen LogP contribution in [-0.2, 0) is 15.5 Å². The molecule has 22 heavy (non-hydrogen) atoms. The number of aromatic nitrogens is 1. The first-order chi connectivity index (χ1) is 12.9. The summed E-state index contributed by atoms with van der Waals surface area (Å²) in [7, 11) is -4.27. The van der Waals surface area contributed by atoms with E-state index in [0.29, 0.717) is 0 Å². The molecule has 2 heterocycles. The molecule has 0 radical (unpaired) electrons. The van der Waals surface area contributed by atoms with E-state index in [1.54, 1.807) is 6.20 Å². The predicted molar refractivity (Wildman–Crippen MR) is 85.6 cm³/mol. The summed E-state index contributed by atoms with van der Waals surface area (Å²) < 4.78 is 63.8. The van der Waals surface area contributed by atoms with Crippen molar-refractivity contribution in [3.63, 3.8) is 0 Å². The number of rotatable bonds is 4. The van der Waals surface area contributed by atoms with E-state index in [1.165, 1.54) is 0 Å². The van der Waals surface area contributed by atoms with E-state index in [1.807, 2.05) is 24.3 Å². The smallest absolute Gasteiger partial charge is 0.198 e. The van der Waals surface area contributed by atoms with Crippen LogP contribution in [0.25, 0.3) is 10.9 Å². The van der Waals surface area contributed by atoms with E-state index < -0.39 is 32.3 Å². The number of nitrogens with zero attached hydrogens (tertiary/aromatic N) is 1. The van der Waals surface area contributed by atoms with Gasteiger partial charge in [0.05, 0.1) is 28.7 Å². The van der Waals surface area contributed by atoms with Crippen LogP contribution in [0.5, 0.6) is 0 Å². The maximum absolute atomic E-state index is 12.0. The van der Waals surface area contributed by atoms with Crippen molar-refractivity contribution < 1.29 is 26.7 Å². The van der Waals surface area contributed by atoms with Gasteiger partial charge in [-0.2, -0.15) is 0 Å². The van der Waals surface area contributed by atoms with Crippen LogP contribution >= 0.6 is 7.60 Å². The van der Waals surface area contributed by atoms with E-state index >= 15 is 0 Å². The summed E-state index contributed by atoms with van der Waals surface area (Å²) in [6.07, 6.45) is 0.403. The van der Waals surface area contributed by atoms with Crippen molar-refractivity contribution in [2.75, 3.05) is 26.7 Å². The minimum absolute atomic E-state index is 0.0525. The minimum Gasteiger partial charge on any atom is -0.778 e. The number of benzene rings is 1. The third-order valence-corrected chi connectivity index (χ3v) is 5.49. The molecule has 1 saturated heterocycles. The largest absolute Gasteiger partial charge is 0.778 e. The van der Waals surface area contributed by atoms with Gasteiger partial charge in [0.15, 0.2) is 6.23 Å². The molecule has 6 heteroatoms. The fourth-order valence-corrected chi connectivity index (χ4v) is 4.14. The lowest BCUT2D eigenvalue weighted by Crippen LogP contribution is -2.52. The molecule has 0 bridgehead atoms. The van der Waals surface area contributed by atoms with Crippen molar-refractivity contribution in [3.8, 4) is 0 Å². The first kappa shape index (κ1) is 9.89. The molecule has 3 rings (SSSR count). The van der Waals surface area contributed by atoms with E-state index in [9.17, 15) is 9.46 Å². The fourth-order valence-electron chi connectivity index (χ4n) is 2.83. The van der Waals surface area contributed by atoms with Gasteiger partial charge in [0.2, 0.25) is 0 Å². The standard InChI is InChI=1S/C16H23N2O3P/c1-18(2,16-8-5-11-22(19,20)21-16)10-9-13-12-17-15-7-4-3-6-14(13)15/h3-4,6-7,12,16-17H,5,8-11H2,1-2H3/i1D3,2D3. The van der Waals surface area contributed by atoms with Crippen LogP contribution in [0.1, 0.15) is 26.6 Å². The molecule has 2 atom stereocenters. The summed E-state index contributed by atoms with van der Waals surface area (Å²) in [6.45, 7) is -6.28. The van der Waals surface area contributed by atoms with Gasteiger partial charge in [-0.3, -0.25) is 4.52 Å². The Kier molecular flexibility index (Phi) is 2.61. The number of para-hydroxylation sites is 1. The van der Waals surface area contributed by atoms with Crippen LogP contribution in [0.2, 0.25) is 0 Å². The summed E-state index contributed by atoms with van der Waals surface area (Å²) in [6, 6.07) is 7.43. The Balaban J connectivity index is 2.01. The van der Waals surface area contributed by atoms with Crippen molar-refractivity contribution in [3.05, 3.63) is 36.0 Å². The van der Waals surface area contributed by atoms with E-state index in [0.717, 1.165) is 16.5 Å². The lowest BCUT2D eigenvalue weighted by atomic mass is 10.1. The molecule has 1 fully saturated rings. The Morgan fingerprint density at radius 1 is 1.50 bits per heavy atom. The molecule has 120 valence electrons. The molecule has 1 aliphatic rings. The zero-order valence-electron chi connectivity index (χ0n) is 18.1. The van der Waals surface area contributed by atoms with E-state index in [4.69, 9.17) is 12.7 Å². The quantitative estimate of drug-likeness (QED) is 0.693. The van der Waals surface area contributed by atoms with Gasteiger partial charge < -0.3 is 18.9 Å². The first-order valence-electron chi connectivity index (χ1n) is 10.3. The molecule has 1 aromatic carbocycles. The summed E-state index contributed by atoms with van der Waals surface area (Å²) in [5, 5.41) is 0.871. The van der Waals surface area contributed by atoms with Gasteiger partial charge in [0.1, 0.15) is 7.60 Å². The van der Waals surface area contributed by atoms with Crippen LogP contribution in [0.4, 0.5) is 0 Å². The maximum atomic E-state index is 12.0. The maximum Gasteiger partial charge on any atom is 0.198 e. The summed E-state index contributed by atoms with van der Waals surface area (Å²) in [5.74, 6) is 0. The second-order valence-electron chi connectivity index (χ2n) is 5.74. The Bertz CT molecular complexity index is 880. The monoisotopic (exact) mass is 328 g/mol. The lowest BCUT2D eigenvalue weighted by molar-refractivity contribution is -0.934. The number of hydrogen-bond acceptors (Lipinski definition) is 3. The Morgan fingerprint density at radius 2 is 2.32 bits per heavy atom. The second kappa shape index (κ2) is 5.82. The Labute approximate surface area is 139 Å². The summed E-state index contributed by atoms with van der Waals surface area (Å²) >= 11 is 0. The van der Waals surface area contributed by atoms with Crippen molar-refractivity contribution in [2.24, 2.45) is 0 Å². The molecule has 1 aliphatic heterocycles. The van der Waals surface area contributed by atoms with Gasteiger partial charge >= 0.3 is 0 Å². The van der Waals surface area contributed by atoms with Gasteiger partial charge in [-0.15, -0.1) is 0 Å². The lowest BCUT2D eigenvalue weighted by Gasteiger charge is -2.43. The molecular weight excluding hydrogens is 299 g/mol. The highest BCUT2D eigenvalue weighted by atomic mass is 31.2. The third kappa shape index (κ3) is 3.28. The van der Waals surface area contributed by atoms with Crippen LogP contribution in [0.15, 0.2) is 30.5 Å². The van der Waals surface area contributed by atoms with Crippen LogP contribution < -0.4 is 4.89 Å². The van der Waals surface area contributed by atoms with Crippen molar-refractivity contribution in [2.45, 2.75) is 25.5 Å². The molecule has 5 nitrogen and oxygen atoms in total. The molecule has 2 unspecified atom stereocenters. The first-order valence-corrected chi connectivity index (χ1v) is 9.02. The van der Waals surface area contributed by atoms with Crippen molar-refractivity contribution in [1.29, 1.82) is 0 Å². The Hall–Kier alpha value is -1.13. The summed E-state index contributed by atoms with van der Waals surface area (Å²) in [4.78, 5) is 15.1. The molecule has 0 aliphatic carbocycles. The summed E-state index contributed by atoms with van der Waals surface area (Å²) in [5.41, 5.74) is 1.63. The number of likely N-dealkylation sites (N-methyl/N-ethyl adjacent to an activating group) is 1. The van der Waals surface area contributed by atoms with E-state index in [-0.39, 0.29) is 32.0 Å². The van der Waals surface area contributed by atoms with E-state index in [2.05, 4.69) is 4.98 Å². The fraction of sp³-hybridized carbons (Fsp3) is 0.500. The zero-order valence-corrected chi connectivity index (χ0v) is 13.0. The molecule has 0 spiro atoms. The zero-order chi connectivity index (χ0) is 20.8. The average molecular weight is 328 g/mol.